The monoisotopic (exact) mass is 240 g/mol. The van der Waals surface area contributed by atoms with Crippen LogP contribution in [-0.4, -0.2) is 18.9 Å². The highest BCUT2D eigenvalue weighted by Gasteiger charge is 2.24. The SMILES string of the molecule is C.Cc1cc(C)c(C(=O)P(C)(C)=O)c(C)c1. The lowest BCUT2D eigenvalue weighted by Crippen LogP contribution is -2.05. The average molecular weight is 240 g/mol. The van der Waals surface area contributed by atoms with E-state index in [-0.39, 0.29) is 13.0 Å². The lowest BCUT2D eigenvalue weighted by molar-refractivity contribution is 0.107. The summed E-state index contributed by atoms with van der Waals surface area (Å²) in [5.74, 6) is 0. The summed E-state index contributed by atoms with van der Waals surface area (Å²) in [6.07, 6.45) is 0. The highest BCUT2D eigenvalue weighted by atomic mass is 31.2. The van der Waals surface area contributed by atoms with Crippen LogP contribution in [0.4, 0.5) is 0 Å². The van der Waals surface area contributed by atoms with Gasteiger partial charge in [-0.25, -0.2) is 0 Å². The predicted octanol–water partition coefficient (Wildman–Crippen LogP) is 4.01. The van der Waals surface area contributed by atoms with Gasteiger partial charge in [0.1, 0.15) is 7.14 Å². The van der Waals surface area contributed by atoms with E-state index in [0.717, 1.165) is 16.7 Å². The lowest BCUT2D eigenvalue weighted by atomic mass is 10.0. The highest BCUT2D eigenvalue weighted by Crippen LogP contribution is 2.41. The van der Waals surface area contributed by atoms with Crippen LogP contribution in [0.1, 0.15) is 34.5 Å². The van der Waals surface area contributed by atoms with E-state index in [1.165, 1.54) is 13.3 Å². The molecule has 0 spiro atoms. The molecule has 0 saturated heterocycles. The standard InChI is InChI=1S/C12H17O2P.CH4/c1-8-6-9(2)11(10(3)7-8)12(13)15(4,5)14;/h6-7H,1-5H3;1H4. The van der Waals surface area contributed by atoms with Crippen molar-refractivity contribution in [2.45, 2.75) is 28.2 Å². The second-order valence-corrected chi connectivity index (χ2v) is 7.54. The Morgan fingerprint density at radius 1 is 1.06 bits per heavy atom. The molecule has 0 saturated carbocycles. The topological polar surface area (TPSA) is 34.1 Å². The van der Waals surface area contributed by atoms with Gasteiger partial charge in [-0.15, -0.1) is 0 Å². The number of hydrogen-bond donors (Lipinski definition) is 0. The molecule has 16 heavy (non-hydrogen) atoms. The molecule has 1 aromatic carbocycles. The fourth-order valence-electron chi connectivity index (χ4n) is 1.79. The van der Waals surface area contributed by atoms with E-state index in [1.807, 2.05) is 32.9 Å². The molecule has 0 aromatic heterocycles. The molecular weight excluding hydrogens is 219 g/mol. The van der Waals surface area contributed by atoms with Gasteiger partial charge in [-0.1, -0.05) is 25.1 Å². The minimum absolute atomic E-state index is 0. The van der Waals surface area contributed by atoms with E-state index >= 15 is 0 Å². The fraction of sp³-hybridized carbons (Fsp3) is 0.462. The van der Waals surface area contributed by atoms with Crippen LogP contribution in [-0.2, 0) is 4.57 Å². The van der Waals surface area contributed by atoms with Crippen LogP contribution in [0.3, 0.4) is 0 Å². The number of aryl methyl sites for hydroxylation is 3. The maximum absolute atomic E-state index is 12.0. The normalized spacial score (nSPS) is 10.8. The zero-order valence-electron chi connectivity index (χ0n) is 9.92. The molecule has 0 amide bonds. The minimum atomic E-state index is -2.69. The Labute approximate surface area is 98.4 Å². The molecule has 0 aliphatic heterocycles. The van der Waals surface area contributed by atoms with Crippen LogP contribution < -0.4 is 0 Å². The van der Waals surface area contributed by atoms with Gasteiger partial charge < -0.3 is 4.57 Å². The second-order valence-electron chi connectivity index (χ2n) is 4.43. The molecule has 90 valence electrons. The van der Waals surface area contributed by atoms with E-state index in [1.54, 1.807) is 0 Å². The van der Waals surface area contributed by atoms with Gasteiger partial charge in [0.25, 0.3) is 0 Å². The van der Waals surface area contributed by atoms with E-state index in [9.17, 15) is 9.36 Å². The summed E-state index contributed by atoms with van der Waals surface area (Å²) in [5.41, 5.74) is 3.39. The first-order chi connectivity index (χ1) is 6.73. The van der Waals surface area contributed by atoms with Crippen LogP contribution in [0.15, 0.2) is 12.1 Å². The number of hydrogen-bond acceptors (Lipinski definition) is 2. The third-order valence-electron chi connectivity index (χ3n) is 2.38. The summed E-state index contributed by atoms with van der Waals surface area (Å²) in [5, 5.41) is 0. The van der Waals surface area contributed by atoms with Gasteiger partial charge in [0.2, 0.25) is 5.52 Å². The van der Waals surface area contributed by atoms with Crippen LogP contribution in [0.25, 0.3) is 0 Å². The molecule has 3 heteroatoms. The minimum Gasteiger partial charge on any atom is -0.316 e. The Bertz CT molecular complexity index is 432. The van der Waals surface area contributed by atoms with Crippen LogP contribution >= 0.6 is 7.14 Å². The van der Waals surface area contributed by atoms with Crippen molar-refractivity contribution in [1.82, 2.24) is 0 Å². The molecule has 2 nitrogen and oxygen atoms in total. The van der Waals surface area contributed by atoms with Crippen LogP contribution in [0.2, 0.25) is 0 Å². The van der Waals surface area contributed by atoms with Crippen molar-refractivity contribution < 1.29 is 9.36 Å². The van der Waals surface area contributed by atoms with Gasteiger partial charge >= 0.3 is 0 Å². The Balaban J connectivity index is 0.00000225. The largest absolute Gasteiger partial charge is 0.316 e. The molecular formula is C13H21O2P. The first-order valence-corrected chi connectivity index (χ1v) is 7.51. The van der Waals surface area contributed by atoms with E-state index in [4.69, 9.17) is 0 Å². The summed E-state index contributed by atoms with van der Waals surface area (Å²) in [6, 6.07) is 3.91. The molecule has 1 rings (SSSR count). The molecule has 0 unspecified atom stereocenters. The average Bonchev–Trinajstić information content (AvgIpc) is 1.99. The van der Waals surface area contributed by atoms with Crippen LogP contribution in [0, 0.1) is 20.8 Å². The number of rotatable bonds is 2. The van der Waals surface area contributed by atoms with Crippen LogP contribution in [0.5, 0.6) is 0 Å². The summed E-state index contributed by atoms with van der Waals surface area (Å²) in [7, 11) is -2.69. The Morgan fingerprint density at radius 2 is 1.44 bits per heavy atom. The summed E-state index contributed by atoms with van der Waals surface area (Å²) in [4.78, 5) is 12.0. The quantitative estimate of drug-likeness (QED) is 0.732. The number of carbonyl (C=O) groups excluding carboxylic acids is 1. The summed E-state index contributed by atoms with van der Waals surface area (Å²) >= 11 is 0. The molecule has 1 aromatic rings. The zero-order chi connectivity index (χ0) is 11.8. The maximum Gasteiger partial charge on any atom is 0.221 e. The Kier molecular flexibility index (Phi) is 4.69. The molecule has 0 heterocycles. The molecule has 0 radical (unpaired) electrons. The van der Waals surface area contributed by atoms with Crippen molar-refractivity contribution in [3.05, 3.63) is 34.4 Å². The summed E-state index contributed by atoms with van der Waals surface area (Å²) in [6.45, 7) is 8.82. The third kappa shape index (κ3) is 3.05. The fourth-order valence-corrected chi connectivity index (χ4v) is 2.68. The zero-order valence-corrected chi connectivity index (χ0v) is 10.8. The summed E-state index contributed by atoms with van der Waals surface area (Å²) < 4.78 is 11.8. The first kappa shape index (κ1) is 15.1. The Hall–Kier alpha value is -0.880. The van der Waals surface area contributed by atoms with Gasteiger partial charge in [0, 0.05) is 5.56 Å². The highest BCUT2D eigenvalue weighted by molar-refractivity contribution is 7.79. The second kappa shape index (κ2) is 4.97. The van der Waals surface area contributed by atoms with Gasteiger partial charge in [0.15, 0.2) is 0 Å². The third-order valence-corrected chi connectivity index (χ3v) is 3.58. The molecule has 0 aliphatic rings. The van der Waals surface area contributed by atoms with Gasteiger partial charge in [-0.3, -0.25) is 4.79 Å². The first-order valence-electron chi connectivity index (χ1n) is 4.91. The number of benzene rings is 1. The van der Waals surface area contributed by atoms with Gasteiger partial charge in [0.05, 0.1) is 0 Å². The molecule has 0 atom stereocenters. The van der Waals surface area contributed by atoms with E-state index < -0.39 is 7.14 Å². The van der Waals surface area contributed by atoms with Crippen molar-refractivity contribution in [3.63, 3.8) is 0 Å². The van der Waals surface area contributed by atoms with Crippen molar-refractivity contribution in [2.75, 3.05) is 13.3 Å². The van der Waals surface area contributed by atoms with E-state index in [2.05, 4.69) is 0 Å². The Morgan fingerprint density at radius 3 is 1.75 bits per heavy atom. The van der Waals surface area contributed by atoms with Gasteiger partial charge in [-0.05, 0) is 45.2 Å². The predicted molar refractivity (Wildman–Crippen MR) is 71.2 cm³/mol. The molecule has 0 fully saturated rings. The maximum atomic E-state index is 12.0. The molecule has 0 bridgehead atoms. The van der Waals surface area contributed by atoms with E-state index in [0.29, 0.717) is 5.56 Å². The van der Waals surface area contributed by atoms with Crippen molar-refractivity contribution >= 4 is 12.7 Å². The van der Waals surface area contributed by atoms with Crippen molar-refractivity contribution in [1.29, 1.82) is 0 Å². The smallest absolute Gasteiger partial charge is 0.221 e. The van der Waals surface area contributed by atoms with Gasteiger partial charge in [-0.2, -0.15) is 0 Å². The molecule has 0 aliphatic carbocycles. The van der Waals surface area contributed by atoms with Crippen molar-refractivity contribution in [2.24, 2.45) is 0 Å². The van der Waals surface area contributed by atoms with Crippen molar-refractivity contribution in [3.8, 4) is 0 Å². The lowest BCUT2D eigenvalue weighted by Gasteiger charge is -2.12. The number of carbonyl (C=O) groups is 1. The molecule has 0 N–H and O–H groups in total.